The molecule has 0 radical (unpaired) electrons. The summed E-state index contributed by atoms with van der Waals surface area (Å²) in [5, 5.41) is 0.488. The Kier molecular flexibility index (Phi) is 5.15. The van der Waals surface area contributed by atoms with Crippen LogP contribution in [0.15, 0.2) is 35.4 Å². The molecule has 0 fully saturated rings. The van der Waals surface area contributed by atoms with Crippen LogP contribution in [-0.2, 0) is 10.0 Å². The predicted molar refractivity (Wildman–Crippen MR) is 111 cm³/mol. The Morgan fingerprint density at radius 3 is 2.65 bits per heavy atom. The number of nitrogens with zero attached hydrogens (tertiary/aromatic N) is 4. The lowest BCUT2D eigenvalue weighted by Crippen LogP contribution is -2.15. The lowest BCUT2D eigenvalue weighted by atomic mass is 10.2. The highest BCUT2D eigenvalue weighted by atomic mass is 32.2. The van der Waals surface area contributed by atoms with E-state index in [4.69, 9.17) is 10.5 Å². The van der Waals surface area contributed by atoms with Gasteiger partial charge in [0.2, 0.25) is 11.8 Å². The maximum absolute atomic E-state index is 14.0. The number of hydrogen-bond donors (Lipinski definition) is 2. The second kappa shape index (κ2) is 7.67. The summed E-state index contributed by atoms with van der Waals surface area (Å²) >= 11 is 1.22. The number of nitrogen functional groups attached to an aromatic ring is 1. The Balaban J connectivity index is 1.77. The summed E-state index contributed by atoms with van der Waals surface area (Å²) in [5.74, 6) is -2.06. The number of nitrogens with one attached hydrogen (secondary N) is 1. The largest absolute Gasteiger partial charge is 0.480 e. The predicted octanol–water partition coefficient (Wildman–Crippen LogP) is 3.13. The molecular formula is C18H14F2N6O3S2. The van der Waals surface area contributed by atoms with Gasteiger partial charge in [0.1, 0.15) is 37.6 Å². The summed E-state index contributed by atoms with van der Waals surface area (Å²) in [5.41, 5.74) is 7.24. The molecule has 4 aromatic rings. The molecule has 0 bridgehead atoms. The normalized spacial score (nSPS) is 11.6. The Labute approximate surface area is 179 Å². The maximum atomic E-state index is 14.0. The number of fused-ring (bicyclic) bond motifs is 1. The number of thiazole rings is 1. The standard InChI is InChI=1S/C18H14F2N6O3S2/c1-8-14-17(25-18(21)23-8)30-16(24-14)9-5-12(15(29-2)22-7-9)26-31(27,28)13-4-3-10(19)6-11(13)20/h3-7,26H,1-2H3,(H2,21,23,25). The molecular weight excluding hydrogens is 450 g/mol. The molecule has 0 spiro atoms. The van der Waals surface area contributed by atoms with Gasteiger partial charge in [-0.3, -0.25) is 4.72 Å². The van der Waals surface area contributed by atoms with Crippen LogP contribution in [0.5, 0.6) is 5.88 Å². The topological polar surface area (TPSA) is 133 Å². The highest BCUT2D eigenvalue weighted by Gasteiger charge is 2.23. The number of hydrogen-bond acceptors (Lipinski definition) is 9. The van der Waals surface area contributed by atoms with Crippen LogP contribution >= 0.6 is 11.3 Å². The quantitative estimate of drug-likeness (QED) is 0.460. The molecule has 9 nitrogen and oxygen atoms in total. The summed E-state index contributed by atoms with van der Waals surface area (Å²) in [6.07, 6.45) is 1.44. The van der Waals surface area contributed by atoms with E-state index in [1.807, 2.05) is 0 Å². The van der Waals surface area contributed by atoms with E-state index in [-0.39, 0.29) is 17.5 Å². The SMILES string of the molecule is COc1ncc(-c2nc3c(C)nc(N)nc3s2)cc1NS(=O)(=O)c1ccc(F)cc1F. The molecule has 31 heavy (non-hydrogen) atoms. The third-order valence-corrected chi connectivity index (χ3v) is 6.57. The van der Waals surface area contributed by atoms with E-state index < -0.39 is 26.6 Å². The van der Waals surface area contributed by atoms with Crippen LogP contribution < -0.4 is 15.2 Å². The zero-order chi connectivity index (χ0) is 22.3. The molecule has 4 rings (SSSR count). The second-order valence-corrected chi connectivity index (χ2v) is 8.93. The maximum Gasteiger partial charge on any atom is 0.264 e. The molecule has 0 aliphatic heterocycles. The van der Waals surface area contributed by atoms with Crippen molar-refractivity contribution < 1.29 is 21.9 Å². The van der Waals surface area contributed by atoms with Crippen molar-refractivity contribution >= 4 is 43.3 Å². The number of nitrogens with two attached hydrogens (primary N) is 1. The Morgan fingerprint density at radius 1 is 1.16 bits per heavy atom. The number of aromatic nitrogens is 4. The molecule has 160 valence electrons. The third-order valence-electron chi connectivity index (χ3n) is 4.17. The van der Waals surface area contributed by atoms with Crippen LogP contribution in [0.2, 0.25) is 0 Å². The minimum absolute atomic E-state index is 0.0452. The second-order valence-electron chi connectivity index (χ2n) is 6.30. The molecule has 13 heteroatoms. The number of pyridine rings is 1. The fourth-order valence-electron chi connectivity index (χ4n) is 2.80. The third kappa shape index (κ3) is 3.96. The van der Waals surface area contributed by atoms with Crippen molar-refractivity contribution in [2.75, 3.05) is 17.6 Å². The van der Waals surface area contributed by atoms with Crippen molar-refractivity contribution in [3.63, 3.8) is 0 Å². The first kappa shape index (κ1) is 20.8. The van der Waals surface area contributed by atoms with Gasteiger partial charge in [-0.05, 0) is 25.1 Å². The minimum Gasteiger partial charge on any atom is -0.480 e. The van der Waals surface area contributed by atoms with Crippen molar-refractivity contribution in [3.05, 3.63) is 47.8 Å². The van der Waals surface area contributed by atoms with E-state index in [1.165, 1.54) is 30.7 Å². The van der Waals surface area contributed by atoms with Crippen LogP contribution in [0.4, 0.5) is 20.4 Å². The van der Waals surface area contributed by atoms with Gasteiger partial charge in [0.25, 0.3) is 10.0 Å². The first-order valence-corrected chi connectivity index (χ1v) is 10.9. The summed E-state index contributed by atoms with van der Waals surface area (Å²) in [4.78, 5) is 16.6. The molecule has 3 heterocycles. The molecule has 0 saturated carbocycles. The molecule has 0 aliphatic carbocycles. The number of sulfonamides is 1. The summed E-state index contributed by atoms with van der Waals surface area (Å²) in [6.45, 7) is 1.74. The zero-order valence-electron chi connectivity index (χ0n) is 16.1. The van der Waals surface area contributed by atoms with Gasteiger partial charge in [-0.25, -0.2) is 37.1 Å². The molecule has 0 amide bonds. The first-order chi connectivity index (χ1) is 14.7. The Bertz CT molecular complexity index is 1430. The van der Waals surface area contributed by atoms with E-state index in [1.54, 1.807) is 6.92 Å². The molecule has 3 aromatic heterocycles. The molecule has 0 atom stereocenters. The first-order valence-electron chi connectivity index (χ1n) is 8.61. The average molecular weight is 464 g/mol. The van der Waals surface area contributed by atoms with Crippen molar-refractivity contribution in [2.24, 2.45) is 0 Å². The average Bonchev–Trinajstić information content (AvgIpc) is 3.11. The summed E-state index contributed by atoms with van der Waals surface area (Å²) < 4.78 is 59.9. The highest BCUT2D eigenvalue weighted by Crippen LogP contribution is 2.34. The Morgan fingerprint density at radius 2 is 1.94 bits per heavy atom. The highest BCUT2D eigenvalue weighted by molar-refractivity contribution is 7.92. The number of ether oxygens (including phenoxy) is 1. The van der Waals surface area contributed by atoms with Gasteiger partial charge >= 0.3 is 0 Å². The van der Waals surface area contributed by atoms with Crippen LogP contribution in [0.1, 0.15) is 5.69 Å². The van der Waals surface area contributed by atoms with Crippen LogP contribution in [0.25, 0.3) is 20.9 Å². The lowest BCUT2D eigenvalue weighted by Gasteiger charge is -2.12. The van der Waals surface area contributed by atoms with Gasteiger partial charge in [-0.2, -0.15) is 0 Å². The van der Waals surface area contributed by atoms with Gasteiger partial charge in [-0.15, -0.1) is 0 Å². The van der Waals surface area contributed by atoms with Crippen molar-refractivity contribution in [2.45, 2.75) is 11.8 Å². The van der Waals surface area contributed by atoms with Gasteiger partial charge in [-0.1, -0.05) is 11.3 Å². The van der Waals surface area contributed by atoms with Gasteiger partial charge < -0.3 is 10.5 Å². The fraction of sp³-hybridized carbons (Fsp3) is 0.111. The number of rotatable bonds is 5. The fourth-order valence-corrected chi connectivity index (χ4v) is 4.89. The molecule has 1 aromatic carbocycles. The Hall–Kier alpha value is -3.45. The van der Waals surface area contributed by atoms with E-state index in [2.05, 4.69) is 24.7 Å². The van der Waals surface area contributed by atoms with Crippen LogP contribution in [-0.4, -0.2) is 35.5 Å². The monoisotopic (exact) mass is 464 g/mol. The van der Waals surface area contributed by atoms with Gasteiger partial charge in [0.15, 0.2) is 0 Å². The number of methoxy groups -OCH3 is 1. The number of anilines is 2. The number of aryl methyl sites for hydroxylation is 1. The molecule has 3 N–H and O–H groups in total. The number of halogens is 2. The number of benzene rings is 1. The van der Waals surface area contributed by atoms with Gasteiger partial charge in [0.05, 0.1) is 12.8 Å². The van der Waals surface area contributed by atoms with E-state index >= 15 is 0 Å². The summed E-state index contributed by atoms with van der Waals surface area (Å²) in [6, 6.07) is 3.60. The van der Waals surface area contributed by atoms with Crippen molar-refractivity contribution in [1.82, 2.24) is 19.9 Å². The molecule has 0 unspecified atom stereocenters. The minimum atomic E-state index is -4.40. The van der Waals surface area contributed by atoms with Crippen molar-refractivity contribution in [3.8, 4) is 16.5 Å². The molecule has 0 aliphatic rings. The summed E-state index contributed by atoms with van der Waals surface area (Å²) in [7, 11) is -3.09. The smallest absolute Gasteiger partial charge is 0.264 e. The van der Waals surface area contributed by atoms with E-state index in [9.17, 15) is 17.2 Å². The van der Waals surface area contributed by atoms with E-state index in [0.717, 1.165) is 12.1 Å². The lowest BCUT2D eigenvalue weighted by molar-refractivity contribution is 0.400. The molecule has 0 saturated heterocycles. The van der Waals surface area contributed by atoms with Crippen LogP contribution in [0.3, 0.4) is 0 Å². The van der Waals surface area contributed by atoms with Crippen LogP contribution in [0, 0.1) is 18.6 Å². The van der Waals surface area contributed by atoms with Crippen molar-refractivity contribution in [1.29, 1.82) is 0 Å². The van der Waals surface area contributed by atoms with E-state index in [0.29, 0.717) is 32.7 Å². The zero-order valence-corrected chi connectivity index (χ0v) is 17.7. The van der Waals surface area contributed by atoms with Gasteiger partial charge in [0, 0.05) is 17.8 Å².